The Kier molecular flexibility index (Phi) is 2.91. The first kappa shape index (κ1) is 11.1. The summed E-state index contributed by atoms with van der Waals surface area (Å²) in [7, 11) is -0.905. The molecule has 6 heteroatoms. The topological polar surface area (TPSA) is 60.9 Å². The second-order valence-corrected chi connectivity index (χ2v) is 5.06. The molecule has 0 fully saturated rings. The summed E-state index contributed by atoms with van der Waals surface area (Å²) in [6, 6.07) is 4.70. The highest BCUT2D eigenvalue weighted by Gasteiger charge is 2.11. The lowest BCUT2D eigenvalue weighted by atomic mass is 10.3. The largest absolute Gasteiger partial charge is 0.369 e. The second kappa shape index (κ2) is 4.21. The molecule has 2 N–H and O–H groups in total. The van der Waals surface area contributed by atoms with E-state index in [-0.39, 0.29) is 17.3 Å². The summed E-state index contributed by atoms with van der Waals surface area (Å²) in [5.74, 6) is 0.345. The van der Waals surface area contributed by atoms with E-state index in [0.29, 0.717) is 17.8 Å². The minimum atomic E-state index is -0.905. The van der Waals surface area contributed by atoms with Gasteiger partial charge in [0.15, 0.2) is 5.82 Å². The molecule has 1 unspecified atom stereocenters. The molecule has 0 aliphatic carbocycles. The number of rotatable bonds is 3. The van der Waals surface area contributed by atoms with Gasteiger partial charge in [-0.3, -0.25) is 4.21 Å². The van der Waals surface area contributed by atoms with Gasteiger partial charge in [-0.05, 0) is 12.1 Å². The van der Waals surface area contributed by atoms with Crippen LogP contribution in [-0.2, 0) is 17.3 Å². The van der Waals surface area contributed by atoms with Gasteiger partial charge >= 0.3 is 0 Å². The minimum Gasteiger partial charge on any atom is -0.369 e. The third-order valence-electron chi connectivity index (χ3n) is 2.36. The molecule has 0 aliphatic heterocycles. The fourth-order valence-electron chi connectivity index (χ4n) is 1.59. The molecule has 2 aromatic rings. The average molecular weight is 241 g/mol. The van der Waals surface area contributed by atoms with Crippen LogP contribution in [0.3, 0.4) is 0 Å². The zero-order valence-electron chi connectivity index (χ0n) is 8.81. The molecule has 0 saturated carbocycles. The number of halogens is 1. The lowest BCUT2D eigenvalue weighted by Gasteiger charge is -2.04. The van der Waals surface area contributed by atoms with E-state index in [0.717, 1.165) is 0 Å². The lowest BCUT2D eigenvalue weighted by Crippen LogP contribution is -2.09. The average Bonchev–Trinajstić information content (AvgIpc) is 2.53. The van der Waals surface area contributed by atoms with E-state index in [1.807, 2.05) is 0 Å². The van der Waals surface area contributed by atoms with Gasteiger partial charge in [0, 0.05) is 29.4 Å². The van der Waals surface area contributed by atoms with Crippen molar-refractivity contribution in [3.05, 3.63) is 24.0 Å². The molecule has 0 bridgehead atoms. The van der Waals surface area contributed by atoms with E-state index < -0.39 is 10.8 Å². The Balaban J connectivity index is 2.48. The summed E-state index contributed by atoms with van der Waals surface area (Å²) >= 11 is 0. The van der Waals surface area contributed by atoms with Crippen molar-refractivity contribution in [2.24, 2.45) is 0 Å². The van der Waals surface area contributed by atoms with Crippen molar-refractivity contribution in [2.75, 3.05) is 17.7 Å². The van der Waals surface area contributed by atoms with Crippen molar-refractivity contribution in [1.82, 2.24) is 9.55 Å². The van der Waals surface area contributed by atoms with Crippen molar-refractivity contribution in [3.63, 3.8) is 0 Å². The van der Waals surface area contributed by atoms with Crippen molar-refractivity contribution in [1.29, 1.82) is 0 Å². The van der Waals surface area contributed by atoms with Gasteiger partial charge in [0.25, 0.3) is 0 Å². The fraction of sp³-hybridized carbons (Fsp3) is 0.300. The number of fused-ring (bicyclic) bond motifs is 1. The number of para-hydroxylation sites is 1. The predicted molar refractivity (Wildman–Crippen MR) is 63.0 cm³/mol. The highest BCUT2D eigenvalue weighted by Crippen LogP contribution is 2.20. The number of nitrogens with zero attached hydrogens (tertiary/aromatic N) is 2. The molecule has 86 valence electrons. The van der Waals surface area contributed by atoms with Crippen LogP contribution >= 0.6 is 0 Å². The Morgan fingerprint density at radius 2 is 2.31 bits per heavy atom. The van der Waals surface area contributed by atoms with E-state index in [4.69, 9.17) is 5.73 Å². The molecule has 0 radical (unpaired) electrons. The highest BCUT2D eigenvalue weighted by molar-refractivity contribution is 7.84. The summed E-state index contributed by atoms with van der Waals surface area (Å²) in [5, 5.41) is 0. The van der Waals surface area contributed by atoms with Crippen LogP contribution in [-0.4, -0.2) is 25.8 Å². The van der Waals surface area contributed by atoms with E-state index in [9.17, 15) is 8.60 Å². The number of benzene rings is 1. The minimum absolute atomic E-state index is 0.255. The monoisotopic (exact) mass is 241 g/mol. The van der Waals surface area contributed by atoms with Crippen molar-refractivity contribution < 1.29 is 8.60 Å². The predicted octanol–water partition coefficient (Wildman–Crippen LogP) is 1.14. The van der Waals surface area contributed by atoms with Gasteiger partial charge in [-0.25, -0.2) is 9.37 Å². The second-order valence-electron chi connectivity index (χ2n) is 3.51. The van der Waals surface area contributed by atoms with E-state index in [1.54, 1.807) is 23.0 Å². The molecule has 0 saturated heterocycles. The first-order valence-corrected chi connectivity index (χ1v) is 6.52. The number of anilines is 1. The van der Waals surface area contributed by atoms with Crippen LogP contribution in [0.5, 0.6) is 0 Å². The van der Waals surface area contributed by atoms with Gasteiger partial charge in [-0.1, -0.05) is 6.07 Å². The van der Waals surface area contributed by atoms with E-state index in [1.165, 1.54) is 6.07 Å². The molecular formula is C10H12FN3OS. The Morgan fingerprint density at radius 3 is 3.00 bits per heavy atom. The molecule has 4 nitrogen and oxygen atoms in total. The maximum atomic E-state index is 13.4. The van der Waals surface area contributed by atoms with Crippen molar-refractivity contribution >= 4 is 27.8 Å². The van der Waals surface area contributed by atoms with E-state index in [2.05, 4.69) is 4.98 Å². The van der Waals surface area contributed by atoms with Gasteiger partial charge in [-0.2, -0.15) is 0 Å². The molecule has 2 rings (SSSR count). The third-order valence-corrected chi connectivity index (χ3v) is 3.12. The number of nitrogen functional groups attached to an aromatic ring is 1. The Morgan fingerprint density at radius 1 is 1.56 bits per heavy atom. The van der Waals surface area contributed by atoms with Crippen LogP contribution in [0.4, 0.5) is 10.3 Å². The van der Waals surface area contributed by atoms with Crippen molar-refractivity contribution in [3.8, 4) is 0 Å². The lowest BCUT2D eigenvalue weighted by molar-refractivity contribution is 0.637. The SMILES string of the molecule is CS(=O)CCn1c(N)nc2c(F)cccc21. The molecule has 0 amide bonds. The maximum absolute atomic E-state index is 13.4. The first-order valence-electron chi connectivity index (χ1n) is 4.80. The summed E-state index contributed by atoms with van der Waals surface area (Å²) < 4.78 is 26.1. The smallest absolute Gasteiger partial charge is 0.201 e. The van der Waals surface area contributed by atoms with Gasteiger partial charge < -0.3 is 10.3 Å². The number of aryl methyl sites for hydroxylation is 1. The molecule has 1 aromatic heterocycles. The summed E-state index contributed by atoms with van der Waals surface area (Å²) in [4.78, 5) is 3.96. The normalized spacial score (nSPS) is 13.1. The zero-order valence-corrected chi connectivity index (χ0v) is 9.63. The van der Waals surface area contributed by atoms with Crippen LogP contribution in [0.25, 0.3) is 11.0 Å². The maximum Gasteiger partial charge on any atom is 0.201 e. The third kappa shape index (κ3) is 1.92. The Hall–Kier alpha value is -1.43. The van der Waals surface area contributed by atoms with Gasteiger partial charge in [0.05, 0.1) is 5.52 Å². The molecule has 1 heterocycles. The van der Waals surface area contributed by atoms with Gasteiger partial charge in [0.2, 0.25) is 5.95 Å². The van der Waals surface area contributed by atoms with E-state index >= 15 is 0 Å². The van der Waals surface area contributed by atoms with Crippen LogP contribution < -0.4 is 5.73 Å². The number of aromatic nitrogens is 2. The standard InChI is InChI=1S/C10H12FN3OS/c1-16(15)6-5-14-8-4-2-3-7(11)9(8)13-10(14)12/h2-4H,5-6H2,1H3,(H2,12,13). The quantitative estimate of drug-likeness (QED) is 0.876. The Bertz CT molecular complexity index is 552. The Labute approximate surface area is 94.7 Å². The van der Waals surface area contributed by atoms with Gasteiger partial charge in [-0.15, -0.1) is 0 Å². The molecular weight excluding hydrogens is 229 g/mol. The number of hydrogen-bond donors (Lipinski definition) is 1. The van der Waals surface area contributed by atoms with Crippen LogP contribution in [0.2, 0.25) is 0 Å². The van der Waals surface area contributed by atoms with Crippen LogP contribution in [0.15, 0.2) is 18.2 Å². The molecule has 0 spiro atoms. The summed E-state index contributed by atoms with van der Waals surface area (Å²) in [5.41, 5.74) is 6.60. The van der Waals surface area contributed by atoms with Crippen molar-refractivity contribution in [2.45, 2.75) is 6.54 Å². The fourth-order valence-corrected chi connectivity index (χ4v) is 2.03. The number of imidazole rings is 1. The van der Waals surface area contributed by atoms with Crippen LogP contribution in [0, 0.1) is 5.82 Å². The van der Waals surface area contributed by atoms with Gasteiger partial charge in [0.1, 0.15) is 5.52 Å². The highest BCUT2D eigenvalue weighted by atomic mass is 32.2. The first-order chi connectivity index (χ1) is 7.59. The zero-order chi connectivity index (χ0) is 11.7. The number of nitrogens with two attached hydrogens (primary N) is 1. The molecule has 0 aliphatic rings. The summed E-state index contributed by atoms with van der Waals surface area (Å²) in [6.07, 6.45) is 1.62. The van der Waals surface area contributed by atoms with Crippen LogP contribution in [0.1, 0.15) is 0 Å². The molecule has 1 aromatic carbocycles. The number of hydrogen-bond acceptors (Lipinski definition) is 3. The molecule has 1 atom stereocenters. The molecule has 16 heavy (non-hydrogen) atoms. The summed E-state index contributed by atoms with van der Waals surface area (Å²) in [6.45, 7) is 0.481.